The fourth-order valence-corrected chi connectivity index (χ4v) is 2.21. The van der Waals surface area contributed by atoms with Crippen molar-refractivity contribution in [3.63, 3.8) is 0 Å². The highest BCUT2D eigenvalue weighted by Crippen LogP contribution is 2.19. The van der Waals surface area contributed by atoms with Gasteiger partial charge in [-0.2, -0.15) is 0 Å². The first-order chi connectivity index (χ1) is 11.1. The van der Waals surface area contributed by atoms with Gasteiger partial charge in [0, 0.05) is 31.9 Å². The summed E-state index contributed by atoms with van der Waals surface area (Å²) in [5.41, 5.74) is 3.28. The Morgan fingerprint density at radius 2 is 1.96 bits per heavy atom. The van der Waals surface area contributed by atoms with Crippen molar-refractivity contribution in [1.29, 1.82) is 0 Å². The number of aryl methyl sites for hydroxylation is 1. The maximum atomic E-state index is 5.78. The maximum Gasteiger partial charge on any atom is 0.191 e. The lowest BCUT2D eigenvalue weighted by Crippen LogP contribution is -2.36. The molecule has 1 aromatic heterocycles. The number of hydrogen-bond donors (Lipinski definition) is 2. The number of methoxy groups -OCH3 is 1. The minimum absolute atomic E-state index is 0. The van der Waals surface area contributed by atoms with Gasteiger partial charge >= 0.3 is 0 Å². The third-order valence-electron chi connectivity index (χ3n) is 3.36. The lowest BCUT2D eigenvalue weighted by atomic mass is 10.1. The highest BCUT2D eigenvalue weighted by atomic mass is 127. The highest BCUT2D eigenvalue weighted by Gasteiger charge is 2.05. The Bertz CT molecular complexity index is 677. The van der Waals surface area contributed by atoms with Crippen molar-refractivity contribution in [3.05, 3.63) is 58.4 Å². The smallest absolute Gasteiger partial charge is 0.191 e. The van der Waals surface area contributed by atoms with E-state index in [4.69, 9.17) is 16.3 Å². The summed E-state index contributed by atoms with van der Waals surface area (Å²) in [6.45, 7) is 3.29. The number of ether oxygens (including phenoxy) is 1. The lowest BCUT2D eigenvalue weighted by Gasteiger charge is -2.14. The molecule has 0 fully saturated rings. The zero-order valence-corrected chi connectivity index (χ0v) is 17.1. The summed E-state index contributed by atoms with van der Waals surface area (Å²) in [5, 5.41) is 7.00. The van der Waals surface area contributed by atoms with Gasteiger partial charge < -0.3 is 15.4 Å². The standard InChI is InChI=1S/C17H21ClN4O.HI/c1-12-4-6-14(15(8-12)23-3)11-22-17(19-2)21-10-13-5-7-16(18)20-9-13;/h4-9H,10-11H2,1-3H3,(H2,19,21,22);1H. The molecule has 0 amide bonds. The Kier molecular flexibility index (Phi) is 8.84. The van der Waals surface area contributed by atoms with Gasteiger partial charge in [-0.05, 0) is 30.2 Å². The van der Waals surface area contributed by atoms with Crippen LogP contribution in [0, 0.1) is 6.92 Å². The zero-order valence-electron chi connectivity index (χ0n) is 14.0. The van der Waals surface area contributed by atoms with Gasteiger partial charge in [0.15, 0.2) is 5.96 Å². The van der Waals surface area contributed by atoms with Crippen LogP contribution in [0.25, 0.3) is 0 Å². The number of guanidine groups is 1. The number of hydrogen-bond acceptors (Lipinski definition) is 3. The van der Waals surface area contributed by atoms with Gasteiger partial charge in [0.25, 0.3) is 0 Å². The molecule has 0 saturated carbocycles. The second-order valence-corrected chi connectivity index (χ2v) is 5.47. The van der Waals surface area contributed by atoms with Crippen LogP contribution in [-0.2, 0) is 13.1 Å². The molecule has 0 aliphatic rings. The van der Waals surface area contributed by atoms with Crippen LogP contribution in [0.2, 0.25) is 5.15 Å². The number of benzene rings is 1. The van der Waals surface area contributed by atoms with E-state index >= 15 is 0 Å². The summed E-state index contributed by atoms with van der Waals surface area (Å²) in [6, 6.07) is 9.84. The van der Waals surface area contributed by atoms with Crippen LogP contribution in [0.15, 0.2) is 41.5 Å². The predicted octanol–water partition coefficient (Wildman–Crippen LogP) is 3.54. The Labute approximate surface area is 164 Å². The fourth-order valence-electron chi connectivity index (χ4n) is 2.09. The molecule has 0 unspecified atom stereocenters. The number of nitrogens with one attached hydrogen (secondary N) is 2. The number of aliphatic imine (C=N–C) groups is 1. The molecule has 24 heavy (non-hydrogen) atoms. The first kappa shape index (κ1) is 20.5. The van der Waals surface area contributed by atoms with Gasteiger partial charge in [-0.1, -0.05) is 29.8 Å². The minimum Gasteiger partial charge on any atom is -0.496 e. The molecular weight excluding hydrogens is 439 g/mol. The van der Waals surface area contributed by atoms with E-state index in [1.165, 1.54) is 5.56 Å². The van der Waals surface area contributed by atoms with Crippen LogP contribution in [0.5, 0.6) is 5.75 Å². The summed E-state index contributed by atoms with van der Waals surface area (Å²) in [7, 11) is 3.42. The van der Waals surface area contributed by atoms with E-state index in [1.54, 1.807) is 26.4 Å². The number of halogens is 2. The summed E-state index contributed by atoms with van der Waals surface area (Å²) in [5.74, 6) is 1.58. The first-order valence-corrected chi connectivity index (χ1v) is 7.68. The third-order valence-corrected chi connectivity index (χ3v) is 3.58. The SMILES string of the molecule is CN=C(NCc1ccc(Cl)nc1)NCc1ccc(C)cc1OC.I. The molecule has 0 atom stereocenters. The van der Waals surface area contributed by atoms with E-state index < -0.39 is 0 Å². The van der Waals surface area contributed by atoms with Gasteiger partial charge in [0.2, 0.25) is 0 Å². The van der Waals surface area contributed by atoms with Crippen LogP contribution in [0.3, 0.4) is 0 Å². The number of nitrogens with zero attached hydrogens (tertiary/aromatic N) is 2. The van der Waals surface area contributed by atoms with Crippen molar-refractivity contribution < 1.29 is 4.74 Å². The quantitative estimate of drug-likeness (QED) is 0.310. The van der Waals surface area contributed by atoms with E-state index in [1.807, 2.05) is 19.1 Å². The Morgan fingerprint density at radius 3 is 2.58 bits per heavy atom. The molecule has 0 radical (unpaired) electrons. The molecule has 0 saturated heterocycles. The van der Waals surface area contributed by atoms with Crippen LogP contribution in [0.4, 0.5) is 0 Å². The largest absolute Gasteiger partial charge is 0.496 e. The second kappa shape index (κ2) is 10.4. The van der Waals surface area contributed by atoms with Crippen molar-refractivity contribution in [2.24, 2.45) is 4.99 Å². The van der Waals surface area contributed by atoms with Crippen molar-refractivity contribution in [3.8, 4) is 5.75 Å². The molecule has 0 aliphatic carbocycles. The molecule has 0 aliphatic heterocycles. The normalized spacial score (nSPS) is 10.8. The molecule has 0 bridgehead atoms. The van der Waals surface area contributed by atoms with Gasteiger partial charge in [-0.3, -0.25) is 4.99 Å². The number of aromatic nitrogens is 1. The first-order valence-electron chi connectivity index (χ1n) is 7.31. The molecule has 0 spiro atoms. The molecule has 2 rings (SSSR count). The van der Waals surface area contributed by atoms with Crippen molar-refractivity contribution in [2.45, 2.75) is 20.0 Å². The highest BCUT2D eigenvalue weighted by molar-refractivity contribution is 14.0. The average Bonchev–Trinajstić information content (AvgIpc) is 2.57. The molecule has 2 aromatic rings. The Morgan fingerprint density at radius 1 is 1.21 bits per heavy atom. The van der Waals surface area contributed by atoms with Gasteiger partial charge in [0.1, 0.15) is 10.9 Å². The van der Waals surface area contributed by atoms with Gasteiger partial charge in [0.05, 0.1) is 7.11 Å². The number of rotatable bonds is 5. The second-order valence-electron chi connectivity index (χ2n) is 5.08. The molecule has 1 aromatic carbocycles. The van der Waals surface area contributed by atoms with Crippen LogP contribution in [0.1, 0.15) is 16.7 Å². The van der Waals surface area contributed by atoms with Gasteiger partial charge in [-0.15, -0.1) is 24.0 Å². The van der Waals surface area contributed by atoms with E-state index in [9.17, 15) is 0 Å². The summed E-state index contributed by atoms with van der Waals surface area (Å²) in [6.07, 6.45) is 1.74. The maximum absolute atomic E-state index is 5.78. The van der Waals surface area contributed by atoms with Crippen molar-refractivity contribution >= 4 is 41.5 Å². The van der Waals surface area contributed by atoms with E-state index in [0.717, 1.165) is 16.9 Å². The number of pyridine rings is 1. The minimum atomic E-state index is 0. The van der Waals surface area contributed by atoms with Crippen LogP contribution >= 0.6 is 35.6 Å². The molecule has 1 heterocycles. The lowest BCUT2D eigenvalue weighted by molar-refractivity contribution is 0.408. The van der Waals surface area contributed by atoms with Crippen molar-refractivity contribution in [2.75, 3.05) is 14.2 Å². The van der Waals surface area contributed by atoms with Crippen molar-refractivity contribution in [1.82, 2.24) is 15.6 Å². The fraction of sp³-hybridized carbons (Fsp3) is 0.294. The summed E-state index contributed by atoms with van der Waals surface area (Å²) in [4.78, 5) is 8.27. The van der Waals surface area contributed by atoms with E-state index in [0.29, 0.717) is 24.2 Å². The monoisotopic (exact) mass is 460 g/mol. The predicted molar refractivity (Wildman–Crippen MR) is 109 cm³/mol. The third kappa shape index (κ3) is 6.16. The van der Waals surface area contributed by atoms with E-state index in [2.05, 4.69) is 32.7 Å². The Balaban J connectivity index is 0.00000288. The summed E-state index contributed by atoms with van der Waals surface area (Å²) >= 11 is 5.78. The molecular formula is C17H22ClIN4O. The molecule has 130 valence electrons. The van der Waals surface area contributed by atoms with E-state index in [-0.39, 0.29) is 24.0 Å². The van der Waals surface area contributed by atoms with Crippen LogP contribution < -0.4 is 15.4 Å². The molecule has 5 nitrogen and oxygen atoms in total. The van der Waals surface area contributed by atoms with Gasteiger partial charge in [-0.25, -0.2) is 4.98 Å². The Hall–Kier alpha value is -1.54. The zero-order chi connectivity index (χ0) is 16.7. The summed E-state index contributed by atoms with van der Waals surface area (Å²) < 4.78 is 5.41. The molecule has 2 N–H and O–H groups in total. The topological polar surface area (TPSA) is 58.5 Å². The van der Waals surface area contributed by atoms with Crippen LogP contribution in [-0.4, -0.2) is 25.1 Å². The molecule has 7 heteroatoms. The average molecular weight is 461 g/mol.